The fourth-order valence-corrected chi connectivity index (χ4v) is 11.0. The molecule has 0 heterocycles. The molecule has 0 rings (SSSR count). The number of hydrogen-bond donors (Lipinski definition) is 2. The second kappa shape index (κ2) is 74.9. The Morgan fingerprint density at radius 3 is 0.901 bits per heavy atom. The summed E-state index contributed by atoms with van der Waals surface area (Å²) >= 11 is 0. The Morgan fingerprint density at radius 2 is 0.604 bits per heavy atom. The van der Waals surface area contributed by atoms with Crippen LogP contribution in [-0.2, 0) is 32.7 Å². The van der Waals surface area contributed by atoms with Crippen LogP contribution in [0.5, 0.6) is 0 Å². The van der Waals surface area contributed by atoms with Gasteiger partial charge in [-0.25, -0.2) is 4.57 Å². The molecule has 10 heteroatoms. The first-order valence-corrected chi connectivity index (χ1v) is 38.8. The zero-order valence-corrected chi connectivity index (χ0v) is 59.4. The highest BCUT2D eigenvalue weighted by atomic mass is 31.2. The largest absolute Gasteiger partial charge is 0.472 e. The van der Waals surface area contributed by atoms with Crippen LogP contribution >= 0.6 is 7.82 Å². The summed E-state index contributed by atoms with van der Waals surface area (Å²) in [5.74, 6) is -0.832. The smallest absolute Gasteiger partial charge is 0.462 e. The molecule has 0 amide bonds. The van der Waals surface area contributed by atoms with E-state index < -0.39 is 26.5 Å². The molecule has 520 valence electrons. The van der Waals surface area contributed by atoms with E-state index in [2.05, 4.69) is 160 Å². The number of carbonyl (C=O) groups is 2. The van der Waals surface area contributed by atoms with E-state index in [9.17, 15) is 19.0 Å². The van der Waals surface area contributed by atoms with E-state index in [0.717, 1.165) is 116 Å². The molecule has 0 fully saturated rings. The van der Waals surface area contributed by atoms with Gasteiger partial charge in [-0.15, -0.1) is 0 Å². The summed E-state index contributed by atoms with van der Waals surface area (Å²) in [6, 6.07) is 0. The summed E-state index contributed by atoms with van der Waals surface area (Å²) in [6.07, 6.45) is 108. The highest BCUT2D eigenvalue weighted by Crippen LogP contribution is 2.43. The zero-order valence-electron chi connectivity index (χ0n) is 58.5. The van der Waals surface area contributed by atoms with Gasteiger partial charge in [0.05, 0.1) is 13.2 Å². The van der Waals surface area contributed by atoms with Gasteiger partial charge in [0.1, 0.15) is 6.61 Å². The molecule has 3 N–H and O–H groups in total. The number of esters is 2. The molecule has 0 saturated heterocycles. The van der Waals surface area contributed by atoms with E-state index in [1.54, 1.807) is 0 Å². The van der Waals surface area contributed by atoms with Crippen molar-refractivity contribution >= 4 is 19.8 Å². The lowest BCUT2D eigenvalue weighted by atomic mass is 10.0. The third-order valence-corrected chi connectivity index (χ3v) is 16.7. The number of phosphoric ester groups is 1. The molecule has 0 aromatic rings. The maximum atomic E-state index is 12.8. The Morgan fingerprint density at radius 1 is 0.341 bits per heavy atom. The minimum atomic E-state index is -4.41. The van der Waals surface area contributed by atoms with Gasteiger partial charge in [-0.3, -0.25) is 18.6 Å². The number of allylic oxidation sites excluding steroid dienone is 24. The fraction of sp³-hybridized carbons (Fsp3) is 0.679. The average Bonchev–Trinajstić information content (AvgIpc) is 3.74. The van der Waals surface area contributed by atoms with E-state index in [1.807, 2.05) is 0 Å². The maximum absolute atomic E-state index is 12.8. The summed E-state index contributed by atoms with van der Waals surface area (Å²) in [6.45, 7) is 3.63. The van der Waals surface area contributed by atoms with E-state index in [4.69, 9.17) is 24.3 Å². The first-order valence-electron chi connectivity index (χ1n) is 37.3. The molecule has 0 aliphatic rings. The van der Waals surface area contributed by atoms with Crippen molar-refractivity contribution in [3.05, 3.63) is 146 Å². The van der Waals surface area contributed by atoms with Crippen LogP contribution in [0.25, 0.3) is 0 Å². The molecule has 0 spiro atoms. The van der Waals surface area contributed by atoms with Gasteiger partial charge < -0.3 is 20.1 Å². The van der Waals surface area contributed by atoms with Crippen LogP contribution in [0.3, 0.4) is 0 Å². The molecule has 0 aliphatic heterocycles. The van der Waals surface area contributed by atoms with Crippen molar-refractivity contribution in [2.45, 2.75) is 328 Å². The molecule has 0 radical (unpaired) electrons. The maximum Gasteiger partial charge on any atom is 0.472 e. The van der Waals surface area contributed by atoms with E-state index in [-0.39, 0.29) is 38.6 Å². The Balaban J connectivity index is 3.91. The summed E-state index contributed by atoms with van der Waals surface area (Å²) in [5.41, 5.74) is 5.41. The molecular formula is C81H138NO8P. The quantitative estimate of drug-likeness (QED) is 0.0264. The summed E-state index contributed by atoms with van der Waals surface area (Å²) in [4.78, 5) is 35.4. The monoisotopic (exact) mass is 1280 g/mol. The first-order chi connectivity index (χ1) is 44.8. The number of ether oxygens (including phenoxy) is 2. The molecule has 0 aliphatic carbocycles. The van der Waals surface area contributed by atoms with Crippen LogP contribution in [-0.4, -0.2) is 49.3 Å². The van der Waals surface area contributed by atoms with Crippen molar-refractivity contribution in [2.24, 2.45) is 5.73 Å². The van der Waals surface area contributed by atoms with Crippen LogP contribution in [0.4, 0.5) is 0 Å². The predicted molar refractivity (Wildman–Crippen MR) is 394 cm³/mol. The normalized spacial score (nSPS) is 13.8. The van der Waals surface area contributed by atoms with Gasteiger partial charge in [0.2, 0.25) is 0 Å². The van der Waals surface area contributed by atoms with Gasteiger partial charge >= 0.3 is 19.8 Å². The second-order valence-electron chi connectivity index (χ2n) is 24.4. The zero-order chi connectivity index (χ0) is 65.8. The lowest BCUT2D eigenvalue weighted by Crippen LogP contribution is -2.29. The summed E-state index contributed by atoms with van der Waals surface area (Å²) in [7, 11) is -4.41. The van der Waals surface area contributed by atoms with E-state index >= 15 is 0 Å². The van der Waals surface area contributed by atoms with E-state index in [0.29, 0.717) is 6.42 Å². The molecule has 0 aromatic heterocycles. The molecule has 9 nitrogen and oxygen atoms in total. The predicted octanol–water partition coefficient (Wildman–Crippen LogP) is 25.0. The third-order valence-electron chi connectivity index (χ3n) is 15.7. The molecule has 2 atom stereocenters. The molecular weight excluding hydrogens is 1150 g/mol. The number of hydrogen-bond acceptors (Lipinski definition) is 8. The van der Waals surface area contributed by atoms with Gasteiger partial charge in [-0.1, -0.05) is 333 Å². The minimum Gasteiger partial charge on any atom is -0.462 e. The first kappa shape index (κ1) is 86.9. The van der Waals surface area contributed by atoms with Crippen molar-refractivity contribution in [1.82, 2.24) is 0 Å². The average molecular weight is 1280 g/mol. The van der Waals surface area contributed by atoms with Crippen molar-refractivity contribution in [2.75, 3.05) is 26.4 Å². The Kier molecular flexibility index (Phi) is 71.5. The van der Waals surface area contributed by atoms with E-state index in [1.165, 1.54) is 173 Å². The molecule has 0 aromatic carbocycles. The third kappa shape index (κ3) is 74.8. The van der Waals surface area contributed by atoms with Gasteiger partial charge in [0, 0.05) is 19.4 Å². The van der Waals surface area contributed by atoms with Crippen molar-refractivity contribution in [3.8, 4) is 0 Å². The topological polar surface area (TPSA) is 134 Å². The number of rotatable bonds is 69. The molecule has 0 saturated carbocycles. The highest BCUT2D eigenvalue weighted by molar-refractivity contribution is 7.47. The molecule has 2 unspecified atom stereocenters. The summed E-state index contributed by atoms with van der Waals surface area (Å²) in [5, 5.41) is 0. The number of unbranched alkanes of at least 4 members (excludes halogenated alkanes) is 32. The fourth-order valence-electron chi connectivity index (χ4n) is 10.2. The highest BCUT2D eigenvalue weighted by Gasteiger charge is 2.26. The van der Waals surface area contributed by atoms with Gasteiger partial charge in [0.25, 0.3) is 0 Å². The minimum absolute atomic E-state index is 0.0469. The molecule has 91 heavy (non-hydrogen) atoms. The van der Waals surface area contributed by atoms with Crippen LogP contribution in [0, 0.1) is 0 Å². The van der Waals surface area contributed by atoms with Crippen molar-refractivity contribution < 1.29 is 37.6 Å². The number of phosphoric acid groups is 1. The van der Waals surface area contributed by atoms with Crippen LogP contribution in [0.15, 0.2) is 146 Å². The lowest BCUT2D eigenvalue weighted by Gasteiger charge is -2.19. The lowest BCUT2D eigenvalue weighted by molar-refractivity contribution is -0.161. The number of nitrogens with two attached hydrogens (primary N) is 1. The SMILES string of the molecule is CC/C=C\C/C=C\C/C=C\C/C=C\C/C=C\C/C=C\C/C=C\C/C=C\C/C=C\CCCCCCCCCCCC(=O)OC(COC(=O)CCCCCCCCCCCCCCCCCCCC/C=C\C/C=C\C/C=C\CCCCCCC)COP(=O)(O)OCCN. The van der Waals surface area contributed by atoms with Gasteiger partial charge in [0.15, 0.2) is 6.10 Å². The van der Waals surface area contributed by atoms with Crippen LogP contribution < -0.4 is 5.73 Å². The standard InChI is InChI=1S/C81H138NO8P/c1-3-5-7-9-11-13-15-17-19-21-23-25-27-29-31-33-35-37-38-39-40-42-44-46-48-50-52-54-56-58-60-62-64-66-68-70-72-74-81(84)90-79(78-89-91(85,86)88-76-75-82)77-87-80(83)73-71-69-67-65-63-61-59-57-55-53-51-49-47-45-43-41-36-34-32-30-28-26-24-22-20-18-16-14-12-10-8-6-4-2/h5,7,11,13,16-19,22-25,28-31,35,37,39-40,44,46,50,52,79H,3-4,6,8-10,12,14-15,20-21,26-27,32-34,36,38,41-43,45,47-49,51,53-78,82H2,1-2H3,(H,85,86)/b7-5-,13-11-,18-16-,19-17-,24-22-,25-23-,30-28-,31-29-,37-35-,40-39-,46-44-,52-50-. The Labute approximate surface area is 560 Å². The second-order valence-corrected chi connectivity index (χ2v) is 25.9. The Bertz CT molecular complexity index is 2010. The van der Waals surface area contributed by atoms with Crippen molar-refractivity contribution in [3.63, 3.8) is 0 Å². The van der Waals surface area contributed by atoms with Crippen LogP contribution in [0.2, 0.25) is 0 Å². The molecule has 0 bridgehead atoms. The van der Waals surface area contributed by atoms with Crippen LogP contribution in [0.1, 0.15) is 322 Å². The van der Waals surface area contributed by atoms with Crippen molar-refractivity contribution in [1.29, 1.82) is 0 Å². The number of carbonyl (C=O) groups excluding carboxylic acids is 2. The summed E-state index contributed by atoms with van der Waals surface area (Å²) < 4.78 is 33.2. The van der Waals surface area contributed by atoms with Gasteiger partial charge in [-0.2, -0.15) is 0 Å². The van der Waals surface area contributed by atoms with Gasteiger partial charge in [-0.05, 0) is 122 Å². The Hall–Kier alpha value is -4.11.